The number of carbonyl (C=O) groups is 1. The van der Waals surface area contributed by atoms with Gasteiger partial charge in [-0.15, -0.1) is 0 Å². The number of phosphoric ester groups is 1. The third-order valence-corrected chi connectivity index (χ3v) is 10.1. The number of unbranched alkanes of at least 4 members (excludes halogenated alkanes) is 8. The summed E-state index contributed by atoms with van der Waals surface area (Å²) in [6.07, 6.45) is 20.3. The van der Waals surface area contributed by atoms with Gasteiger partial charge in [-0.1, -0.05) is 154 Å². The fourth-order valence-corrected chi connectivity index (χ4v) is 6.81. The van der Waals surface area contributed by atoms with Crippen molar-refractivity contribution in [1.29, 1.82) is 0 Å². The van der Waals surface area contributed by atoms with Gasteiger partial charge in [0.1, 0.15) is 24.9 Å². The maximum atomic E-state index is 13.2. The average Bonchev–Trinajstić information content (AvgIpc) is 3.16. The van der Waals surface area contributed by atoms with E-state index in [-0.39, 0.29) is 26.2 Å². The Balaban J connectivity index is 1.63. The summed E-state index contributed by atoms with van der Waals surface area (Å²) in [6.45, 7) is 2.29. The van der Waals surface area contributed by atoms with Gasteiger partial charge in [-0.05, 0) is 55.2 Å². The average molecular weight is 763 g/mol. The first kappa shape index (κ1) is 45.0. The molecular formula is C45H65NO7P+. The number of hydrogen-bond acceptors (Lipinski definition) is 6. The maximum absolute atomic E-state index is 13.2. The van der Waals surface area contributed by atoms with Gasteiger partial charge in [0.2, 0.25) is 0 Å². The van der Waals surface area contributed by atoms with Gasteiger partial charge < -0.3 is 18.9 Å². The first-order chi connectivity index (χ1) is 26.1. The Kier molecular flexibility index (Phi) is 20.8. The van der Waals surface area contributed by atoms with Crippen molar-refractivity contribution in [3.63, 3.8) is 0 Å². The van der Waals surface area contributed by atoms with Crippen molar-refractivity contribution in [2.24, 2.45) is 0 Å². The molecule has 3 rings (SSSR count). The van der Waals surface area contributed by atoms with Gasteiger partial charge in [0.25, 0.3) is 0 Å². The third-order valence-electron chi connectivity index (χ3n) is 9.10. The standard InChI is InChI=1S/C45H64NO7P/c1-5-6-7-8-9-10-11-12-13-14-15-16-17-18-28-35-44(47)53-43(39-52-54(48,49)51-37-36-46(2,3)4)38-50-45(40-29-22-19-23-30-40,41-31-24-20-25-32-41)42-33-26-21-27-34-42/h9-10,12-13,19-27,29-34,43H,5-8,11,14-18,28,35-39H2,1-4H3/p+1/t43-/m1/s1. The largest absolute Gasteiger partial charge is 0.472 e. The normalized spacial score (nSPS) is 14.0. The zero-order chi connectivity index (χ0) is 39.0. The number of benzene rings is 3. The van der Waals surface area contributed by atoms with E-state index in [0.717, 1.165) is 55.2 Å². The molecule has 0 aliphatic rings. The Labute approximate surface area is 325 Å². The Morgan fingerprint density at radius 2 is 1.20 bits per heavy atom. The number of nitrogens with zero attached hydrogens (tertiary/aromatic N) is 1. The van der Waals surface area contributed by atoms with Crippen LogP contribution in [0.5, 0.6) is 0 Å². The maximum Gasteiger partial charge on any atom is 0.472 e. The number of allylic oxidation sites excluding steroid dienone is 4. The van der Waals surface area contributed by atoms with Crippen molar-refractivity contribution >= 4 is 13.8 Å². The lowest BCUT2D eigenvalue weighted by molar-refractivity contribution is -0.870. The molecule has 296 valence electrons. The fraction of sp³-hybridized carbons (Fsp3) is 0.489. The van der Waals surface area contributed by atoms with Crippen LogP contribution in [0.3, 0.4) is 0 Å². The first-order valence-electron chi connectivity index (χ1n) is 19.8. The molecule has 0 aliphatic heterocycles. The number of quaternary nitrogens is 1. The van der Waals surface area contributed by atoms with Crippen LogP contribution < -0.4 is 0 Å². The van der Waals surface area contributed by atoms with Crippen molar-refractivity contribution in [2.45, 2.75) is 95.7 Å². The molecule has 1 unspecified atom stereocenters. The summed E-state index contributed by atoms with van der Waals surface area (Å²) >= 11 is 0. The van der Waals surface area contributed by atoms with Gasteiger partial charge in [-0.25, -0.2) is 4.57 Å². The molecule has 9 heteroatoms. The minimum absolute atomic E-state index is 0.0319. The van der Waals surface area contributed by atoms with E-state index in [0.29, 0.717) is 17.4 Å². The highest BCUT2D eigenvalue weighted by atomic mass is 31.2. The highest BCUT2D eigenvalue weighted by Crippen LogP contribution is 2.44. The molecule has 3 aromatic carbocycles. The molecule has 1 N–H and O–H groups in total. The number of esters is 1. The number of carbonyl (C=O) groups excluding carboxylic acids is 1. The van der Waals surface area contributed by atoms with Crippen LogP contribution in [0.15, 0.2) is 115 Å². The number of likely N-dealkylation sites (N-methyl/N-ethyl adjacent to an activating group) is 1. The van der Waals surface area contributed by atoms with Gasteiger partial charge in [0.15, 0.2) is 0 Å². The van der Waals surface area contributed by atoms with Crippen LogP contribution in [0.2, 0.25) is 0 Å². The van der Waals surface area contributed by atoms with E-state index in [1.54, 1.807) is 0 Å². The number of ether oxygens (including phenoxy) is 2. The molecule has 0 aliphatic carbocycles. The van der Waals surface area contributed by atoms with Crippen molar-refractivity contribution in [3.8, 4) is 0 Å². The summed E-state index contributed by atoms with van der Waals surface area (Å²) < 4.78 is 37.0. The summed E-state index contributed by atoms with van der Waals surface area (Å²) in [5.41, 5.74) is 1.58. The molecule has 0 radical (unpaired) electrons. The SMILES string of the molecule is CCCCCC=CCC=CCCCCCCCC(=O)O[C@H](COC(c1ccccc1)(c1ccccc1)c1ccccc1)COP(=O)(O)OCC[N+](C)(C)C. The topological polar surface area (TPSA) is 91.3 Å². The minimum Gasteiger partial charge on any atom is -0.457 e. The summed E-state index contributed by atoms with van der Waals surface area (Å²) in [7, 11) is 1.46. The zero-order valence-electron chi connectivity index (χ0n) is 33.2. The predicted molar refractivity (Wildman–Crippen MR) is 219 cm³/mol. The Morgan fingerprint density at radius 1 is 0.704 bits per heavy atom. The molecule has 0 aromatic heterocycles. The fourth-order valence-electron chi connectivity index (χ4n) is 6.07. The van der Waals surface area contributed by atoms with Crippen molar-refractivity contribution in [1.82, 2.24) is 0 Å². The molecule has 0 heterocycles. The minimum atomic E-state index is -4.43. The Bertz CT molecular complexity index is 1440. The number of rotatable bonds is 28. The molecule has 2 atom stereocenters. The van der Waals surface area contributed by atoms with Gasteiger partial charge in [-0.3, -0.25) is 13.8 Å². The number of hydrogen-bond donors (Lipinski definition) is 1. The summed E-state index contributed by atoms with van der Waals surface area (Å²) in [6, 6.07) is 29.6. The molecule has 0 bridgehead atoms. The van der Waals surface area contributed by atoms with Crippen LogP contribution in [-0.4, -0.2) is 69.0 Å². The molecule has 0 amide bonds. The van der Waals surface area contributed by atoms with Crippen molar-refractivity contribution in [2.75, 3.05) is 47.5 Å². The van der Waals surface area contributed by atoms with Crippen LogP contribution in [0.1, 0.15) is 101 Å². The summed E-state index contributed by atoms with van der Waals surface area (Å²) in [5, 5.41) is 0. The third kappa shape index (κ3) is 17.4. The van der Waals surface area contributed by atoms with E-state index < -0.39 is 25.5 Å². The molecule has 0 saturated heterocycles. The molecule has 8 nitrogen and oxygen atoms in total. The molecule has 54 heavy (non-hydrogen) atoms. The monoisotopic (exact) mass is 762 g/mol. The van der Waals surface area contributed by atoms with E-state index >= 15 is 0 Å². The van der Waals surface area contributed by atoms with Crippen molar-refractivity contribution in [3.05, 3.63) is 132 Å². The van der Waals surface area contributed by atoms with Crippen LogP contribution in [0.4, 0.5) is 0 Å². The van der Waals surface area contributed by atoms with Gasteiger partial charge >= 0.3 is 13.8 Å². The second-order valence-electron chi connectivity index (χ2n) is 14.8. The second-order valence-corrected chi connectivity index (χ2v) is 16.2. The lowest BCUT2D eigenvalue weighted by Crippen LogP contribution is -2.38. The van der Waals surface area contributed by atoms with E-state index in [4.69, 9.17) is 18.5 Å². The Hall–Kier alpha value is -3.36. The quantitative estimate of drug-likeness (QED) is 0.0197. The first-order valence-corrected chi connectivity index (χ1v) is 21.3. The van der Waals surface area contributed by atoms with Crippen LogP contribution in [-0.2, 0) is 33.5 Å². The van der Waals surface area contributed by atoms with E-state index in [2.05, 4.69) is 31.2 Å². The lowest BCUT2D eigenvalue weighted by Gasteiger charge is -2.37. The predicted octanol–water partition coefficient (Wildman–Crippen LogP) is 10.6. The molecule has 0 fully saturated rings. The molecule has 3 aromatic rings. The van der Waals surface area contributed by atoms with Gasteiger partial charge in [-0.2, -0.15) is 0 Å². The van der Waals surface area contributed by atoms with E-state index in [1.807, 2.05) is 112 Å². The van der Waals surface area contributed by atoms with Crippen LogP contribution in [0, 0.1) is 0 Å². The van der Waals surface area contributed by atoms with Gasteiger partial charge in [0, 0.05) is 6.42 Å². The van der Waals surface area contributed by atoms with Crippen molar-refractivity contribution < 1.29 is 37.3 Å². The lowest BCUT2D eigenvalue weighted by atomic mass is 9.80. The smallest absolute Gasteiger partial charge is 0.457 e. The molecule has 0 spiro atoms. The highest BCUT2D eigenvalue weighted by Gasteiger charge is 2.39. The van der Waals surface area contributed by atoms with Crippen LogP contribution >= 0.6 is 7.82 Å². The zero-order valence-corrected chi connectivity index (χ0v) is 34.0. The van der Waals surface area contributed by atoms with E-state index in [1.165, 1.54) is 25.7 Å². The Morgan fingerprint density at radius 3 is 1.72 bits per heavy atom. The number of phosphoric acid groups is 1. The second kappa shape index (κ2) is 24.9. The molecule has 0 saturated carbocycles. The highest BCUT2D eigenvalue weighted by molar-refractivity contribution is 7.47. The van der Waals surface area contributed by atoms with E-state index in [9.17, 15) is 14.3 Å². The molecular weight excluding hydrogens is 697 g/mol. The van der Waals surface area contributed by atoms with Gasteiger partial charge in [0.05, 0.1) is 34.4 Å². The summed E-state index contributed by atoms with van der Waals surface area (Å²) in [4.78, 5) is 23.7. The van der Waals surface area contributed by atoms with Crippen LogP contribution in [0.25, 0.3) is 0 Å². The summed E-state index contributed by atoms with van der Waals surface area (Å²) in [5.74, 6) is -0.402.